The molecule has 0 aromatic rings. The number of allylic oxidation sites excluding steroid dienone is 8. The van der Waals surface area contributed by atoms with Gasteiger partial charge in [0.15, 0.2) is 6.10 Å². The highest BCUT2D eigenvalue weighted by molar-refractivity contribution is 5.71. The van der Waals surface area contributed by atoms with E-state index in [-0.39, 0.29) is 31.1 Å². The molecule has 6 nitrogen and oxygen atoms in total. The first-order chi connectivity index (χ1) is 40.5. The summed E-state index contributed by atoms with van der Waals surface area (Å²) in [6, 6.07) is 0. The minimum absolute atomic E-state index is 0.0779. The van der Waals surface area contributed by atoms with Crippen molar-refractivity contribution in [3.8, 4) is 0 Å². The highest BCUT2D eigenvalue weighted by Gasteiger charge is 2.19. The second kappa shape index (κ2) is 70.9. The summed E-state index contributed by atoms with van der Waals surface area (Å²) in [5, 5.41) is 0. The summed E-state index contributed by atoms with van der Waals surface area (Å²) in [5.74, 6) is -0.873. The van der Waals surface area contributed by atoms with E-state index in [2.05, 4.69) is 69.4 Å². The molecule has 0 spiro atoms. The quantitative estimate of drug-likeness (QED) is 0.0261. The van der Waals surface area contributed by atoms with Gasteiger partial charge in [0.25, 0.3) is 0 Å². The lowest BCUT2D eigenvalue weighted by Crippen LogP contribution is -2.30. The van der Waals surface area contributed by atoms with Crippen LogP contribution in [0.15, 0.2) is 48.6 Å². The summed E-state index contributed by atoms with van der Waals surface area (Å²) < 4.78 is 17.0. The smallest absolute Gasteiger partial charge is 0.306 e. The molecule has 0 radical (unpaired) electrons. The van der Waals surface area contributed by atoms with Crippen LogP contribution in [0, 0.1) is 0 Å². The largest absolute Gasteiger partial charge is 0.462 e. The molecule has 0 heterocycles. The second-order valence-electron chi connectivity index (χ2n) is 24.8. The topological polar surface area (TPSA) is 78.9 Å². The molecule has 0 saturated heterocycles. The Morgan fingerprint density at radius 2 is 0.476 bits per heavy atom. The molecular weight excluding hydrogens is 1010 g/mol. The molecule has 0 saturated carbocycles. The van der Waals surface area contributed by atoms with E-state index in [0.29, 0.717) is 19.3 Å². The molecule has 0 N–H and O–H groups in total. The summed E-state index contributed by atoms with van der Waals surface area (Å²) >= 11 is 0. The van der Waals surface area contributed by atoms with Gasteiger partial charge in [-0.3, -0.25) is 14.4 Å². The first-order valence-corrected chi connectivity index (χ1v) is 36.6. The Bertz CT molecular complexity index is 1410. The van der Waals surface area contributed by atoms with Crippen molar-refractivity contribution >= 4 is 17.9 Å². The number of hydrogen-bond acceptors (Lipinski definition) is 6. The Labute approximate surface area is 511 Å². The van der Waals surface area contributed by atoms with E-state index in [9.17, 15) is 14.4 Å². The molecule has 0 rings (SSSR count). The lowest BCUT2D eigenvalue weighted by Gasteiger charge is -2.18. The van der Waals surface area contributed by atoms with E-state index < -0.39 is 6.10 Å². The van der Waals surface area contributed by atoms with Gasteiger partial charge in [0.2, 0.25) is 0 Å². The van der Waals surface area contributed by atoms with Crippen LogP contribution in [0.3, 0.4) is 0 Å². The summed E-state index contributed by atoms with van der Waals surface area (Å²) in [4.78, 5) is 38.5. The Kier molecular flexibility index (Phi) is 68.6. The average Bonchev–Trinajstić information content (AvgIpc) is 3.47. The Balaban J connectivity index is 4.21. The highest BCUT2D eigenvalue weighted by Crippen LogP contribution is 2.19. The SMILES string of the molecule is CC/C=C\C/C=C\C/C=C\C/C=C\CCCCCCC(=O)OC(COC(=O)CCCCCCCCCCCCCCCCCCC)COC(=O)CCCCCCCCCCCCCCCCCCCCCCCCCCCCCCCC. The Morgan fingerprint density at radius 3 is 0.744 bits per heavy atom. The number of carbonyl (C=O) groups excluding carboxylic acids is 3. The predicted molar refractivity (Wildman–Crippen MR) is 358 cm³/mol. The van der Waals surface area contributed by atoms with Crippen molar-refractivity contribution in [3.63, 3.8) is 0 Å². The summed E-state index contributed by atoms with van der Waals surface area (Å²) in [6.07, 6.45) is 90.2. The molecule has 0 bridgehead atoms. The fourth-order valence-corrected chi connectivity index (χ4v) is 11.1. The van der Waals surface area contributed by atoms with Crippen LogP contribution < -0.4 is 0 Å². The molecule has 0 aliphatic heterocycles. The van der Waals surface area contributed by atoms with E-state index in [4.69, 9.17) is 14.2 Å². The molecule has 480 valence electrons. The third-order valence-corrected chi connectivity index (χ3v) is 16.6. The maximum absolute atomic E-state index is 12.9. The number of rotatable bonds is 68. The van der Waals surface area contributed by atoms with Gasteiger partial charge in [-0.2, -0.15) is 0 Å². The molecular formula is C76H140O6. The molecule has 1 unspecified atom stereocenters. The van der Waals surface area contributed by atoms with E-state index in [1.165, 1.54) is 263 Å². The number of hydrogen-bond donors (Lipinski definition) is 0. The fraction of sp³-hybridized carbons (Fsp3) is 0.855. The van der Waals surface area contributed by atoms with Crippen LogP contribution in [0.25, 0.3) is 0 Å². The molecule has 0 amide bonds. The van der Waals surface area contributed by atoms with Crippen molar-refractivity contribution in [2.45, 2.75) is 406 Å². The van der Waals surface area contributed by atoms with Gasteiger partial charge in [0.05, 0.1) is 0 Å². The van der Waals surface area contributed by atoms with Crippen molar-refractivity contribution < 1.29 is 28.6 Å². The van der Waals surface area contributed by atoms with Crippen LogP contribution >= 0.6 is 0 Å². The van der Waals surface area contributed by atoms with Gasteiger partial charge < -0.3 is 14.2 Å². The number of unbranched alkanes of at least 4 members (excludes halogenated alkanes) is 49. The minimum atomic E-state index is -0.785. The molecule has 0 aromatic carbocycles. The van der Waals surface area contributed by atoms with Crippen molar-refractivity contribution in [2.24, 2.45) is 0 Å². The van der Waals surface area contributed by atoms with Crippen LogP contribution in [-0.2, 0) is 28.6 Å². The van der Waals surface area contributed by atoms with Gasteiger partial charge in [0.1, 0.15) is 13.2 Å². The maximum atomic E-state index is 12.9. The monoisotopic (exact) mass is 1150 g/mol. The van der Waals surface area contributed by atoms with Crippen LogP contribution in [0.2, 0.25) is 0 Å². The molecule has 0 fully saturated rings. The highest BCUT2D eigenvalue weighted by atomic mass is 16.6. The molecule has 82 heavy (non-hydrogen) atoms. The number of carbonyl (C=O) groups is 3. The van der Waals surface area contributed by atoms with Gasteiger partial charge >= 0.3 is 17.9 Å². The first-order valence-electron chi connectivity index (χ1n) is 36.6. The van der Waals surface area contributed by atoms with E-state index in [1.807, 2.05) is 0 Å². The molecule has 0 aliphatic carbocycles. The van der Waals surface area contributed by atoms with Crippen molar-refractivity contribution in [2.75, 3.05) is 13.2 Å². The van der Waals surface area contributed by atoms with Crippen molar-refractivity contribution in [1.29, 1.82) is 0 Å². The number of ether oxygens (including phenoxy) is 3. The first kappa shape index (κ1) is 79.4. The lowest BCUT2D eigenvalue weighted by molar-refractivity contribution is -0.167. The molecule has 0 aliphatic rings. The standard InChI is InChI=1S/C76H140O6/c1-4-7-10-13-16-19-22-25-28-31-32-33-34-35-36-37-38-39-40-41-42-43-46-48-51-54-57-60-63-66-69-75(78)81-72-73(82-76(79)70-67-64-61-58-55-52-49-45-30-27-24-21-18-15-12-9-6-3)71-80-74(77)68-65-62-59-56-53-50-47-44-29-26-23-20-17-14-11-8-5-2/h9,12,18,21,27,30,49,52,73H,4-8,10-11,13-17,19-20,22-26,28-29,31-48,50-51,53-72H2,1-3H3/b12-9-,21-18-,30-27-,52-49-. The summed E-state index contributed by atoms with van der Waals surface area (Å²) in [7, 11) is 0. The van der Waals surface area contributed by atoms with E-state index >= 15 is 0 Å². The fourth-order valence-electron chi connectivity index (χ4n) is 11.1. The van der Waals surface area contributed by atoms with Crippen LogP contribution in [0.4, 0.5) is 0 Å². The van der Waals surface area contributed by atoms with Crippen molar-refractivity contribution in [1.82, 2.24) is 0 Å². The average molecular weight is 1150 g/mol. The van der Waals surface area contributed by atoms with Gasteiger partial charge in [-0.15, -0.1) is 0 Å². The summed E-state index contributed by atoms with van der Waals surface area (Å²) in [6.45, 7) is 6.59. The zero-order chi connectivity index (χ0) is 59.2. The van der Waals surface area contributed by atoms with Gasteiger partial charge in [-0.05, 0) is 57.8 Å². The third kappa shape index (κ3) is 68.2. The summed E-state index contributed by atoms with van der Waals surface area (Å²) in [5.41, 5.74) is 0. The Morgan fingerprint density at radius 1 is 0.256 bits per heavy atom. The molecule has 6 heteroatoms. The minimum Gasteiger partial charge on any atom is -0.462 e. The van der Waals surface area contributed by atoms with E-state index in [0.717, 1.165) is 96.3 Å². The van der Waals surface area contributed by atoms with E-state index in [1.54, 1.807) is 0 Å². The maximum Gasteiger partial charge on any atom is 0.306 e. The van der Waals surface area contributed by atoms with Gasteiger partial charge in [0, 0.05) is 19.3 Å². The number of esters is 3. The second-order valence-corrected chi connectivity index (χ2v) is 24.8. The normalized spacial score (nSPS) is 12.3. The van der Waals surface area contributed by atoms with Crippen molar-refractivity contribution in [3.05, 3.63) is 48.6 Å². The molecule has 0 aromatic heterocycles. The lowest BCUT2D eigenvalue weighted by atomic mass is 10.0. The molecule has 1 atom stereocenters. The zero-order valence-electron chi connectivity index (χ0n) is 55.3. The van der Waals surface area contributed by atoms with Gasteiger partial charge in [-0.25, -0.2) is 0 Å². The van der Waals surface area contributed by atoms with Crippen LogP contribution in [-0.4, -0.2) is 37.2 Å². The Hall–Kier alpha value is -2.63. The van der Waals surface area contributed by atoms with Crippen LogP contribution in [0.1, 0.15) is 400 Å². The van der Waals surface area contributed by atoms with Crippen LogP contribution in [0.5, 0.6) is 0 Å². The third-order valence-electron chi connectivity index (χ3n) is 16.6. The predicted octanol–water partition coefficient (Wildman–Crippen LogP) is 25.3. The van der Waals surface area contributed by atoms with Gasteiger partial charge in [-0.1, -0.05) is 371 Å². The zero-order valence-corrected chi connectivity index (χ0v) is 55.3.